The molecule has 0 saturated carbocycles. The van der Waals surface area contributed by atoms with E-state index < -0.39 is 0 Å². The first-order valence-electron chi connectivity index (χ1n) is 9.32. The molecule has 6 heteroatoms. The topological polar surface area (TPSA) is 76.0 Å². The highest BCUT2D eigenvalue weighted by atomic mass is 16.2. The lowest BCUT2D eigenvalue weighted by Crippen LogP contribution is -2.32. The number of carbonyl (C=O) groups excluding carboxylic acids is 2. The molecular formula is C22H24N4O2. The number of hydrogen-bond donors (Lipinski definition) is 2. The molecule has 1 unspecified atom stereocenters. The van der Waals surface area contributed by atoms with Gasteiger partial charge in [-0.15, -0.1) is 0 Å². The van der Waals surface area contributed by atoms with Crippen molar-refractivity contribution in [1.82, 2.24) is 15.1 Å². The van der Waals surface area contributed by atoms with Crippen LogP contribution < -0.4 is 10.6 Å². The molecule has 0 bridgehead atoms. The minimum atomic E-state index is -0.302. The predicted octanol–water partition coefficient (Wildman–Crippen LogP) is 3.96. The molecule has 0 radical (unpaired) electrons. The Morgan fingerprint density at radius 3 is 2.39 bits per heavy atom. The first kappa shape index (κ1) is 19.4. The molecule has 2 amide bonds. The second-order valence-corrected chi connectivity index (χ2v) is 6.67. The molecule has 0 spiro atoms. The van der Waals surface area contributed by atoms with Gasteiger partial charge >= 0.3 is 0 Å². The number of nitrogens with zero attached hydrogens (tertiary/aromatic N) is 2. The van der Waals surface area contributed by atoms with Crippen molar-refractivity contribution in [2.45, 2.75) is 33.2 Å². The lowest BCUT2D eigenvalue weighted by atomic mass is 10.1. The van der Waals surface area contributed by atoms with Crippen LogP contribution in [0.4, 0.5) is 5.69 Å². The Hall–Kier alpha value is -3.41. The smallest absolute Gasteiger partial charge is 0.259 e. The first-order valence-corrected chi connectivity index (χ1v) is 9.32. The van der Waals surface area contributed by atoms with Crippen molar-refractivity contribution < 1.29 is 9.59 Å². The van der Waals surface area contributed by atoms with Crippen LogP contribution in [0.3, 0.4) is 0 Å². The highest BCUT2D eigenvalue weighted by Crippen LogP contribution is 2.19. The number of amides is 2. The van der Waals surface area contributed by atoms with Gasteiger partial charge in [-0.25, -0.2) is 4.68 Å². The fourth-order valence-corrected chi connectivity index (χ4v) is 2.85. The van der Waals surface area contributed by atoms with Crippen molar-refractivity contribution >= 4 is 17.5 Å². The van der Waals surface area contributed by atoms with Gasteiger partial charge in [0.15, 0.2) is 0 Å². The molecule has 1 heterocycles. The zero-order chi connectivity index (χ0) is 20.1. The summed E-state index contributed by atoms with van der Waals surface area (Å²) in [5.41, 5.74) is 2.98. The number of nitrogens with one attached hydrogen (secondary N) is 2. The van der Waals surface area contributed by atoms with Crippen molar-refractivity contribution in [3.05, 3.63) is 77.6 Å². The number of carbonyl (C=O) groups is 2. The quantitative estimate of drug-likeness (QED) is 0.684. The maximum atomic E-state index is 12.8. The van der Waals surface area contributed by atoms with Gasteiger partial charge in [-0.3, -0.25) is 9.59 Å². The number of hydrogen-bond acceptors (Lipinski definition) is 3. The summed E-state index contributed by atoms with van der Waals surface area (Å²) < 4.78 is 1.72. The Bertz CT molecular complexity index is 979. The molecule has 2 aromatic carbocycles. The van der Waals surface area contributed by atoms with Gasteiger partial charge in [-0.2, -0.15) is 5.10 Å². The van der Waals surface area contributed by atoms with Gasteiger partial charge in [0.25, 0.3) is 11.8 Å². The third-order valence-corrected chi connectivity index (χ3v) is 4.66. The van der Waals surface area contributed by atoms with E-state index in [2.05, 4.69) is 15.7 Å². The Balaban J connectivity index is 1.83. The highest BCUT2D eigenvalue weighted by molar-refractivity contribution is 6.09. The SMILES string of the molecule is CCC(C)NC(=O)c1ccccc1NC(=O)c1cnn(-c2ccccc2)c1C. The molecule has 0 saturated heterocycles. The Morgan fingerprint density at radius 1 is 1.00 bits per heavy atom. The van der Waals surface area contributed by atoms with Gasteiger partial charge in [0.1, 0.15) is 0 Å². The van der Waals surface area contributed by atoms with Crippen LogP contribution in [-0.4, -0.2) is 27.6 Å². The predicted molar refractivity (Wildman–Crippen MR) is 110 cm³/mol. The molecule has 1 aromatic heterocycles. The maximum Gasteiger partial charge on any atom is 0.259 e. The molecule has 6 nitrogen and oxygen atoms in total. The molecule has 144 valence electrons. The number of anilines is 1. The molecule has 0 aliphatic carbocycles. The van der Waals surface area contributed by atoms with Crippen LogP contribution in [0.15, 0.2) is 60.8 Å². The van der Waals surface area contributed by atoms with Crippen LogP contribution in [0.5, 0.6) is 0 Å². The Kier molecular flexibility index (Phi) is 5.89. The summed E-state index contributed by atoms with van der Waals surface area (Å²) in [6, 6.07) is 16.7. The second-order valence-electron chi connectivity index (χ2n) is 6.67. The third-order valence-electron chi connectivity index (χ3n) is 4.66. The van der Waals surface area contributed by atoms with Gasteiger partial charge in [-0.05, 0) is 44.5 Å². The van der Waals surface area contributed by atoms with Gasteiger partial charge in [0.2, 0.25) is 0 Å². The van der Waals surface area contributed by atoms with Crippen molar-refractivity contribution in [3.63, 3.8) is 0 Å². The number of para-hydroxylation sites is 2. The Morgan fingerprint density at radius 2 is 1.68 bits per heavy atom. The zero-order valence-corrected chi connectivity index (χ0v) is 16.3. The van der Waals surface area contributed by atoms with Crippen LogP contribution >= 0.6 is 0 Å². The minimum Gasteiger partial charge on any atom is -0.350 e. The minimum absolute atomic E-state index is 0.0580. The van der Waals surface area contributed by atoms with E-state index in [1.165, 1.54) is 0 Å². The van der Waals surface area contributed by atoms with Crippen molar-refractivity contribution in [2.75, 3.05) is 5.32 Å². The summed E-state index contributed by atoms with van der Waals surface area (Å²) in [5, 5.41) is 10.1. The van der Waals surface area contributed by atoms with Crippen LogP contribution in [-0.2, 0) is 0 Å². The molecule has 0 fully saturated rings. The fraction of sp³-hybridized carbons (Fsp3) is 0.227. The van der Waals surface area contributed by atoms with Crippen LogP contribution in [0, 0.1) is 6.92 Å². The zero-order valence-electron chi connectivity index (χ0n) is 16.3. The molecular weight excluding hydrogens is 352 g/mol. The summed E-state index contributed by atoms with van der Waals surface area (Å²) in [4.78, 5) is 25.4. The van der Waals surface area contributed by atoms with E-state index in [0.717, 1.165) is 17.8 Å². The van der Waals surface area contributed by atoms with Gasteiger partial charge in [-0.1, -0.05) is 37.3 Å². The van der Waals surface area contributed by atoms with E-state index in [4.69, 9.17) is 0 Å². The van der Waals surface area contributed by atoms with E-state index in [9.17, 15) is 9.59 Å². The maximum absolute atomic E-state index is 12.8. The van der Waals surface area contributed by atoms with E-state index >= 15 is 0 Å². The summed E-state index contributed by atoms with van der Waals surface area (Å²) in [5.74, 6) is -0.509. The normalized spacial score (nSPS) is 11.7. The lowest BCUT2D eigenvalue weighted by molar-refractivity contribution is 0.0940. The Labute approximate surface area is 164 Å². The van der Waals surface area contributed by atoms with E-state index in [-0.39, 0.29) is 17.9 Å². The molecule has 3 aromatic rings. The lowest BCUT2D eigenvalue weighted by Gasteiger charge is -2.14. The number of benzene rings is 2. The molecule has 3 rings (SSSR count). The fourth-order valence-electron chi connectivity index (χ4n) is 2.85. The summed E-state index contributed by atoms with van der Waals surface area (Å²) in [6.45, 7) is 5.79. The van der Waals surface area contributed by atoms with Gasteiger partial charge < -0.3 is 10.6 Å². The summed E-state index contributed by atoms with van der Waals surface area (Å²) in [7, 11) is 0. The van der Waals surface area contributed by atoms with E-state index in [1.54, 1.807) is 35.1 Å². The number of aromatic nitrogens is 2. The van der Waals surface area contributed by atoms with E-state index in [0.29, 0.717) is 16.8 Å². The average molecular weight is 376 g/mol. The monoisotopic (exact) mass is 376 g/mol. The van der Waals surface area contributed by atoms with Crippen molar-refractivity contribution in [1.29, 1.82) is 0 Å². The third kappa shape index (κ3) is 4.11. The largest absolute Gasteiger partial charge is 0.350 e. The summed E-state index contributed by atoms with van der Waals surface area (Å²) in [6.07, 6.45) is 2.37. The van der Waals surface area contributed by atoms with Crippen LogP contribution in [0.25, 0.3) is 5.69 Å². The first-order chi connectivity index (χ1) is 13.5. The second kappa shape index (κ2) is 8.52. The standard InChI is InChI=1S/C22H24N4O2/c1-4-15(2)24-21(27)18-12-8-9-13-20(18)25-22(28)19-14-23-26(16(19)3)17-10-6-5-7-11-17/h5-15H,4H2,1-3H3,(H,24,27)(H,25,28). The molecule has 28 heavy (non-hydrogen) atoms. The van der Waals surface area contributed by atoms with Crippen LogP contribution in [0.2, 0.25) is 0 Å². The van der Waals surface area contributed by atoms with E-state index in [1.807, 2.05) is 51.1 Å². The molecule has 0 aliphatic heterocycles. The van der Waals surface area contributed by atoms with Crippen molar-refractivity contribution in [2.24, 2.45) is 0 Å². The molecule has 1 atom stereocenters. The molecule has 0 aliphatic rings. The highest BCUT2D eigenvalue weighted by Gasteiger charge is 2.18. The average Bonchev–Trinajstić information content (AvgIpc) is 3.10. The van der Waals surface area contributed by atoms with Gasteiger partial charge in [0, 0.05) is 6.04 Å². The summed E-state index contributed by atoms with van der Waals surface area (Å²) >= 11 is 0. The molecule has 2 N–H and O–H groups in total. The number of rotatable bonds is 6. The van der Waals surface area contributed by atoms with Crippen molar-refractivity contribution in [3.8, 4) is 5.69 Å². The van der Waals surface area contributed by atoms with Crippen LogP contribution in [0.1, 0.15) is 46.7 Å². The van der Waals surface area contributed by atoms with Gasteiger partial charge in [0.05, 0.1) is 34.4 Å².